The number of ether oxygens (including phenoxy) is 1. The summed E-state index contributed by atoms with van der Waals surface area (Å²) in [6, 6.07) is 11.3. The lowest BCUT2D eigenvalue weighted by molar-refractivity contribution is 0.0821. The molecule has 1 aliphatic heterocycles. The van der Waals surface area contributed by atoms with E-state index in [0.717, 1.165) is 36.0 Å². The van der Waals surface area contributed by atoms with Gasteiger partial charge in [-0.15, -0.1) is 10.2 Å². The largest absolute Gasteiger partial charge is 0.372 e. The van der Waals surface area contributed by atoms with Crippen LogP contribution in [0.4, 0.5) is 5.69 Å². The van der Waals surface area contributed by atoms with Gasteiger partial charge < -0.3 is 19.5 Å². The number of nitrogens with one attached hydrogen (secondary N) is 1. The van der Waals surface area contributed by atoms with Gasteiger partial charge in [0.15, 0.2) is 11.6 Å². The monoisotopic (exact) mass is 378 g/mol. The third-order valence-electron chi connectivity index (χ3n) is 4.48. The lowest BCUT2D eigenvalue weighted by Crippen LogP contribution is -2.17. The Labute approximate surface area is 163 Å². The maximum atomic E-state index is 12.5. The van der Waals surface area contributed by atoms with Crippen LogP contribution in [0, 0.1) is 0 Å². The number of hydrogen-bond acceptors (Lipinski definition) is 6. The topological polar surface area (TPSA) is 85.2 Å². The molecule has 0 spiro atoms. The molecule has 0 fully saturated rings. The first-order valence-corrected chi connectivity index (χ1v) is 9.11. The van der Waals surface area contributed by atoms with Crippen molar-refractivity contribution in [2.75, 3.05) is 26.0 Å². The highest BCUT2D eigenvalue weighted by Crippen LogP contribution is 2.22. The minimum atomic E-state index is -0.186. The minimum absolute atomic E-state index is 0.186. The van der Waals surface area contributed by atoms with Crippen molar-refractivity contribution in [3.05, 3.63) is 59.7 Å². The summed E-state index contributed by atoms with van der Waals surface area (Å²) in [7, 11) is 3.96. The number of rotatable bonds is 5. The van der Waals surface area contributed by atoms with Gasteiger partial charge in [0.25, 0.3) is 5.91 Å². The average Bonchev–Trinajstić information content (AvgIpc) is 3.13. The van der Waals surface area contributed by atoms with Crippen molar-refractivity contribution < 1.29 is 9.53 Å². The number of anilines is 1. The van der Waals surface area contributed by atoms with Gasteiger partial charge in [-0.1, -0.05) is 0 Å². The molecular weight excluding hydrogens is 356 g/mol. The molecule has 0 saturated heterocycles. The van der Waals surface area contributed by atoms with Crippen molar-refractivity contribution in [2.24, 2.45) is 0 Å². The van der Waals surface area contributed by atoms with E-state index in [2.05, 4.69) is 25.1 Å². The second-order valence-corrected chi connectivity index (χ2v) is 6.95. The molecule has 1 aromatic carbocycles. The summed E-state index contributed by atoms with van der Waals surface area (Å²) in [4.78, 5) is 18.8. The lowest BCUT2D eigenvalue weighted by atomic mass is 10.1. The predicted octanol–water partition coefficient (Wildman–Crippen LogP) is 2.18. The number of aromatic nitrogens is 4. The number of hydrogen-bond donors (Lipinski definition) is 1. The van der Waals surface area contributed by atoms with Crippen LogP contribution in [0.1, 0.15) is 21.9 Å². The predicted molar refractivity (Wildman–Crippen MR) is 105 cm³/mol. The van der Waals surface area contributed by atoms with Crippen LogP contribution in [-0.4, -0.2) is 51.3 Å². The fraction of sp³-hybridized carbons (Fsp3) is 0.300. The average molecular weight is 378 g/mol. The van der Waals surface area contributed by atoms with Crippen molar-refractivity contribution >= 4 is 11.6 Å². The Hall–Kier alpha value is -3.10. The van der Waals surface area contributed by atoms with E-state index in [1.807, 2.05) is 49.3 Å². The third kappa shape index (κ3) is 3.92. The van der Waals surface area contributed by atoms with Crippen LogP contribution < -0.4 is 5.32 Å². The Kier molecular flexibility index (Phi) is 5.14. The van der Waals surface area contributed by atoms with E-state index in [1.54, 1.807) is 12.3 Å². The zero-order valence-electron chi connectivity index (χ0n) is 15.9. The number of carbonyl (C=O) groups is 1. The van der Waals surface area contributed by atoms with Crippen molar-refractivity contribution in [3.8, 4) is 11.4 Å². The molecule has 28 heavy (non-hydrogen) atoms. The van der Waals surface area contributed by atoms with Gasteiger partial charge in [-0.25, -0.2) is 0 Å². The van der Waals surface area contributed by atoms with Crippen LogP contribution in [0.2, 0.25) is 0 Å². The smallest absolute Gasteiger partial charge is 0.257 e. The Morgan fingerprint density at radius 2 is 2.00 bits per heavy atom. The molecule has 0 radical (unpaired) electrons. The summed E-state index contributed by atoms with van der Waals surface area (Å²) in [5.74, 6) is 1.47. The molecule has 2 aromatic heterocycles. The number of benzene rings is 1. The molecule has 0 unspecified atom stereocenters. The van der Waals surface area contributed by atoms with Crippen LogP contribution in [0.5, 0.6) is 0 Å². The molecule has 0 saturated carbocycles. The van der Waals surface area contributed by atoms with Gasteiger partial charge in [0, 0.05) is 30.5 Å². The molecule has 1 aliphatic rings. The van der Waals surface area contributed by atoms with Crippen molar-refractivity contribution in [1.82, 2.24) is 24.6 Å². The molecule has 0 atom stereocenters. The quantitative estimate of drug-likeness (QED) is 0.733. The van der Waals surface area contributed by atoms with E-state index in [9.17, 15) is 4.79 Å². The van der Waals surface area contributed by atoms with Crippen LogP contribution in [-0.2, 0) is 24.4 Å². The lowest BCUT2D eigenvalue weighted by Gasteiger charge is -2.15. The maximum Gasteiger partial charge on any atom is 0.257 e. The second kappa shape index (κ2) is 7.87. The highest BCUT2D eigenvalue weighted by atomic mass is 16.5. The van der Waals surface area contributed by atoms with Crippen molar-refractivity contribution in [3.63, 3.8) is 0 Å². The van der Waals surface area contributed by atoms with E-state index >= 15 is 0 Å². The molecule has 3 heterocycles. The highest BCUT2D eigenvalue weighted by molar-refractivity contribution is 6.04. The minimum Gasteiger partial charge on any atom is -0.372 e. The first-order chi connectivity index (χ1) is 13.6. The van der Waals surface area contributed by atoms with Crippen LogP contribution in [0.25, 0.3) is 11.4 Å². The third-order valence-corrected chi connectivity index (χ3v) is 4.48. The molecule has 4 rings (SSSR count). The summed E-state index contributed by atoms with van der Waals surface area (Å²) < 4.78 is 7.47. The fourth-order valence-electron chi connectivity index (χ4n) is 3.09. The Morgan fingerprint density at radius 1 is 1.18 bits per heavy atom. The Balaban J connectivity index is 1.44. The van der Waals surface area contributed by atoms with E-state index in [4.69, 9.17) is 4.74 Å². The summed E-state index contributed by atoms with van der Waals surface area (Å²) in [5.41, 5.74) is 3.12. The number of nitrogens with zero attached hydrogens (tertiary/aromatic N) is 5. The molecule has 1 N–H and O–H groups in total. The van der Waals surface area contributed by atoms with Gasteiger partial charge in [0.1, 0.15) is 6.61 Å². The summed E-state index contributed by atoms with van der Waals surface area (Å²) in [5, 5.41) is 11.3. The summed E-state index contributed by atoms with van der Waals surface area (Å²) in [6.07, 6.45) is 1.60. The number of amides is 1. The Morgan fingerprint density at radius 3 is 2.71 bits per heavy atom. The van der Waals surface area contributed by atoms with Gasteiger partial charge in [-0.05, 0) is 50.5 Å². The molecular formula is C20H22N6O2. The van der Waals surface area contributed by atoms with Crippen LogP contribution in [0.15, 0.2) is 42.6 Å². The van der Waals surface area contributed by atoms with Crippen LogP contribution in [0.3, 0.4) is 0 Å². The van der Waals surface area contributed by atoms with Crippen LogP contribution >= 0.6 is 0 Å². The molecule has 3 aromatic rings. The van der Waals surface area contributed by atoms with Crippen molar-refractivity contribution in [2.45, 2.75) is 19.7 Å². The first-order valence-electron chi connectivity index (χ1n) is 9.11. The zero-order valence-corrected chi connectivity index (χ0v) is 15.9. The van der Waals surface area contributed by atoms with Gasteiger partial charge in [-0.2, -0.15) is 0 Å². The summed E-state index contributed by atoms with van der Waals surface area (Å²) in [6.45, 7) is 2.63. The van der Waals surface area contributed by atoms with E-state index in [1.165, 1.54) is 0 Å². The number of fused-ring (bicyclic) bond motifs is 1. The fourth-order valence-corrected chi connectivity index (χ4v) is 3.09. The number of carbonyl (C=O) groups excluding carboxylic acids is 1. The molecule has 0 bridgehead atoms. The van der Waals surface area contributed by atoms with Crippen molar-refractivity contribution in [1.29, 1.82) is 0 Å². The zero-order chi connectivity index (χ0) is 19.5. The second-order valence-electron chi connectivity index (χ2n) is 6.95. The van der Waals surface area contributed by atoms with Gasteiger partial charge in [-0.3, -0.25) is 9.78 Å². The van der Waals surface area contributed by atoms with Gasteiger partial charge >= 0.3 is 0 Å². The molecule has 0 aliphatic carbocycles. The van der Waals surface area contributed by atoms with E-state index in [0.29, 0.717) is 24.5 Å². The van der Waals surface area contributed by atoms with E-state index in [-0.39, 0.29) is 5.91 Å². The molecule has 8 nitrogen and oxygen atoms in total. The highest BCUT2D eigenvalue weighted by Gasteiger charge is 2.17. The molecule has 8 heteroatoms. The van der Waals surface area contributed by atoms with Gasteiger partial charge in [0.05, 0.1) is 17.9 Å². The first kappa shape index (κ1) is 18.3. The number of pyridine rings is 1. The molecule has 1 amide bonds. The molecule has 144 valence electrons. The van der Waals surface area contributed by atoms with Gasteiger partial charge in [0.2, 0.25) is 0 Å². The SMILES string of the molecule is CN(C)Cc1ccc(C(=O)Nc2ccc(-c3nnc4n3CCOC4)cc2)cn1. The normalized spacial score (nSPS) is 13.4. The Bertz CT molecular complexity index is 963. The standard InChI is InChI=1S/C20H22N6O2/c1-25(2)12-17-8-5-15(11-21-17)20(27)22-16-6-3-14(4-7-16)19-24-23-18-13-28-10-9-26(18)19/h3-8,11H,9-10,12-13H2,1-2H3,(H,22,27). The maximum absolute atomic E-state index is 12.5. The van der Waals surface area contributed by atoms with E-state index < -0.39 is 0 Å². The summed E-state index contributed by atoms with van der Waals surface area (Å²) >= 11 is 0.